The lowest BCUT2D eigenvalue weighted by atomic mass is 10.1. The molecule has 0 aliphatic rings. The summed E-state index contributed by atoms with van der Waals surface area (Å²) in [7, 11) is 2.05. The van der Waals surface area contributed by atoms with Gasteiger partial charge in [-0.25, -0.2) is 4.39 Å². The summed E-state index contributed by atoms with van der Waals surface area (Å²) in [5.41, 5.74) is 6.52. The van der Waals surface area contributed by atoms with Crippen LogP contribution in [0.5, 0.6) is 0 Å². The Balaban J connectivity index is 2.16. The highest BCUT2D eigenvalue weighted by atomic mass is 19.1. The van der Waals surface area contributed by atoms with Gasteiger partial charge in [0.1, 0.15) is 5.82 Å². The highest BCUT2D eigenvalue weighted by Crippen LogP contribution is 2.14. The molecule has 1 aromatic rings. The van der Waals surface area contributed by atoms with Crippen molar-refractivity contribution in [3.05, 3.63) is 30.1 Å². The molecule has 0 saturated carbocycles. The molecule has 3 heteroatoms. The fourth-order valence-electron chi connectivity index (χ4n) is 1.85. The molecule has 0 spiro atoms. The molecular weight excluding hydrogens is 215 g/mol. The summed E-state index contributed by atoms with van der Waals surface area (Å²) in [6, 6.07) is 6.66. The van der Waals surface area contributed by atoms with Gasteiger partial charge < -0.3 is 10.6 Å². The smallest absolute Gasteiger partial charge is 0.123 e. The average molecular weight is 238 g/mol. The van der Waals surface area contributed by atoms with Gasteiger partial charge in [0.05, 0.1) is 0 Å². The fraction of sp³-hybridized carbons (Fsp3) is 0.571. The third kappa shape index (κ3) is 5.68. The molecular formula is C14H23FN2. The maximum Gasteiger partial charge on any atom is 0.123 e. The van der Waals surface area contributed by atoms with Gasteiger partial charge in [-0.15, -0.1) is 0 Å². The van der Waals surface area contributed by atoms with Crippen molar-refractivity contribution in [2.24, 2.45) is 5.73 Å². The molecule has 0 aliphatic carbocycles. The van der Waals surface area contributed by atoms with Gasteiger partial charge in [0.2, 0.25) is 0 Å². The van der Waals surface area contributed by atoms with Crippen LogP contribution in [0, 0.1) is 5.82 Å². The lowest BCUT2D eigenvalue weighted by Crippen LogP contribution is -2.18. The lowest BCUT2D eigenvalue weighted by molar-refractivity contribution is 0.615. The maximum absolute atomic E-state index is 12.7. The first-order valence-corrected chi connectivity index (χ1v) is 6.41. The zero-order valence-electron chi connectivity index (χ0n) is 10.7. The molecule has 1 rings (SSSR count). The van der Waals surface area contributed by atoms with Gasteiger partial charge in [0.25, 0.3) is 0 Å². The van der Waals surface area contributed by atoms with Crippen molar-refractivity contribution >= 4 is 5.69 Å². The van der Waals surface area contributed by atoms with Gasteiger partial charge in [-0.2, -0.15) is 0 Å². The Labute approximate surface area is 104 Å². The summed E-state index contributed by atoms with van der Waals surface area (Å²) in [6.07, 6.45) is 6.04. The standard InChI is InChI=1S/C14H23FN2/c1-17(12-6-4-2-3-5-11-16)14-9-7-13(15)8-10-14/h7-10H,2-6,11-12,16H2,1H3. The fourth-order valence-corrected chi connectivity index (χ4v) is 1.85. The summed E-state index contributed by atoms with van der Waals surface area (Å²) >= 11 is 0. The predicted molar refractivity (Wildman–Crippen MR) is 71.8 cm³/mol. The number of hydrogen-bond acceptors (Lipinski definition) is 2. The van der Waals surface area contributed by atoms with E-state index in [4.69, 9.17) is 5.73 Å². The van der Waals surface area contributed by atoms with E-state index in [2.05, 4.69) is 4.90 Å². The van der Waals surface area contributed by atoms with Crippen molar-refractivity contribution in [2.45, 2.75) is 32.1 Å². The molecule has 0 aromatic heterocycles. The highest BCUT2D eigenvalue weighted by molar-refractivity contribution is 5.45. The van der Waals surface area contributed by atoms with Crippen LogP contribution in [-0.4, -0.2) is 20.1 Å². The van der Waals surface area contributed by atoms with Crippen LogP contribution in [0.1, 0.15) is 32.1 Å². The average Bonchev–Trinajstić information content (AvgIpc) is 2.34. The summed E-state index contributed by atoms with van der Waals surface area (Å²) in [6.45, 7) is 1.82. The van der Waals surface area contributed by atoms with E-state index in [-0.39, 0.29) is 5.82 Å². The van der Waals surface area contributed by atoms with Crippen molar-refractivity contribution < 1.29 is 4.39 Å². The second kappa shape index (κ2) is 8.07. The molecule has 17 heavy (non-hydrogen) atoms. The van der Waals surface area contributed by atoms with Gasteiger partial charge in [-0.3, -0.25) is 0 Å². The number of rotatable bonds is 8. The molecule has 96 valence electrons. The molecule has 0 bridgehead atoms. The van der Waals surface area contributed by atoms with E-state index in [1.165, 1.54) is 37.8 Å². The second-order valence-corrected chi connectivity index (χ2v) is 4.45. The van der Waals surface area contributed by atoms with Crippen LogP contribution < -0.4 is 10.6 Å². The van der Waals surface area contributed by atoms with Gasteiger partial charge in [0.15, 0.2) is 0 Å². The maximum atomic E-state index is 12.7. The quantitative estimate of drug-likeness (QED) is 0.705. The minimum atomic E-state index is -0.177. The molecule has 2 N–H and O–H groups in total. The van der Waals surface area contributed by atoms with Crippen LogP contribution in [0.4, 0.5) is 10.1 Å². The van der Waals surface area contributed by atoms with Crippen LogP contribution in [0.15, 0.2) is 24.3 Å². The molecule has 0 heterocycles. The third-order valence-electron chi connectivity index (χ3n) is 2.97. The van der Waals surface area contributed by atoms with Crippen LogP contribution in [0.3, 0.4) is 0 Å². The van der Waals surface area contributed by atoms with Gasteiger partial charge >= 0.3 is 0 Å². The number of unbranched alkanes of at least 4 members (excludes halogenated alkanes) is 4. The van der Waals surface area contributed by atoms with Crippen LogP contribution in [0.2, 0.25) is 0 Å². The summed E-state index contributed by atoms with van der Waals surface area (Å²) in [5.74, 6) is -0.177. The zero-order chi connectivity index (χ0) is 12.5. The molecule has 0 fully saturated rings. The van der Waals surface area contributed by atoms with Crippen LogP contribution in [0.25, 0.3) is 0 Å². The van der Waals surface area contributed by atoms with E-state index in [0.29, 0.717) is 0 Å². The Bertz CT molecular complexity index is 298. The van der Waals surface area contributed by atoms with E-state index in [1.54, 1.807) is 0 Å². The molecule has 0 radical (unpaired) electrons. The van der Waals surface area contributed by atoms with Crippen molar-refractivity contribution in [1.82, 2.24) is 0 Å². The Morgan fingerprint density at radius 2 is 1.59 bits per heavy atom. The molecule has 0 atom stereocenters. The first-order chi connectivity index (χ1) is 8.24. The Morgan fingerprint density at radius 1 is 1.00 bits per heavy atom. The van der Waals surface area contributed by atoms with Gasteiger partial charge in [0, 0.05) is 19.3 Å². The van der Waals surface area contributed by atoms with Gasteiger partial charge in [-0.05, 0) is 43.7 Å². The Morgan fingerprint density at radius 3 is 2.24 bits per heavy atom. The number of nitrogens with two attached hydrogens (primary N) is 1. The number of anilines is 1. The minimum Gasteiger partial charge on any atom is -0.375 e. The molecule has 0 saturated heterocycles. The summed E-state index contributed by atoms with van der Waals surface area (Å²) in [4.78, 5) is 2.17. The number of nitrogens with zero attached hydrogens (tertiary/aromatic N) is 1. The minimum absolute atomic E-state index is 0.177. The number of hydrogen-bond donors (Lipinski definition) is 1. The number of halogens is 1. The predicted octanol–water partition coefficient (Wildman–Crippen LogP) is 3.17. The SMILES string of the molecule is CN(CCCCCCCN)c1ccc(F)cc1. The molecule has 2 nitrogen and oxygen atoms in total. The molecule has 0 aliphatic heterocycles. The monoisotopic (exact) mass is 238 g/mol. The first-order valence-electron chi connectivity index (χ1n) is 6.41. The molecule has 0 unspecified atom stereocenters. The van der Waals surface area contributed by atoms with Crippen molar-refractivity contribution in [3.8, 4) is 0 Å². The zero-order valence-corrected chi connectivity index (χ0v) is 10.7. The lowest BCUT2D eigenvalue weighted by Gasteiger charge is -2.19. The van der Waals surface area contributed by atoms with E-state index < -0.39 is 0 Å². The van der Waals surface area contributed by atoms with E-state index in [9.17, 15) is 4.39 Å². The Kier molecular flexibility index (Phi) is 6.63. The molecule has 1 aromatic carbocycles. The van der Waals surface area contributed by atoms with Crippen molar-refractivity contribution in [2.75, 3.05) is 25.0 Å². The first kappa shape index (κ1) is 14.0. The van der Waals surface area contributed by atoms with Crippen LogP contribution in [-0.2, 0) is 0 Å². The summed E-state index contributed by atoms with van der Waals surface area (Å²) in [5, 5.41) is 0. The normalized spacial score (nSPS) is 10.5. The second-order valence-electron chi connectivity index (χ2n) is 4.45. The van der Waals surface area contributed by atoms with Crippen molar-refractivity contribution in [1.29, 1.82) is 0 Å². The third-order valence-corrected chi connectivity index (χ3v) is 2.97. The highest BCUT2D eigenvalue weighted by Gasteiger charge is 2.00. The van der Waals surface area contributed by atoms with E-state index in [1.807, 2.05) is 19.2 Å². The van der Waals surface area contributed by atoms with E-state index >= 15 is 0 Å². The van der Waals surface area contributed by atoms with Crippen molar-refractivity contribution in [3.63, 3.8) is 0 Å². The van der Waals surface area contributed by atoms with Gasteiger partial charge in [-0.1, -0.05) is 19.3 Å². The van der Waals surface area contributed by atoms with Crippen LogP contribution >= 0.6 is 0 Å². The largest absolute Gasteiger partial charge is 0.375 e. The number of benzene rings is 1. The molecule has 0 amide bonds. The summed E-state index contributed by atoms with van der Waals surface area (Å²) < 4.78 is 12.7. The Hall–Kier alpha value is -1.09. The van der Waals surface area contributed by atoms with E-state index in [0.717, 1.165) is 25.2 Å². The topological polar surface area (TPSA) is 29.3 Å².